The minimum absolute atomic E-state index is 0.0389. The smallest absolute Gasteiger partial charge is 0.416 e. The number of unbranched alkanes of at least 4 members (excludes halogenated alkanes) is 2. The van der Waals surface area contributed by atoms with Crippen LogP contribution >= 0.6 is 23.5 Å². The maximum Gasteiger partial charge on any atom is 0.416 e. The molecule has 13 nitrogen and oxygen atoms in total. The summed E-state index contributed by atoms with van der Waals surface area (Å²) in [6.07, 6.45) is -10.6. The predicted octanol–water partition coefficient (Wildman–Crippen LogP) is 14.9. The molecule has 5 atom stereocenters. The third-order valence-corrected chi connectivity index (χ3v) is 19.3. The lowest BCUT2D eigenvalue weighted by Gasteiger charge is -2.29. The zero-order valence-corrected chi connectivity index (χ0v) is 53.3. The lowest BCUT2D eigenvalue weighted by molar-refractivity contribution is -0.139. The highest BCUT2D eigenvalue weighted by atomic mass is 32.2. The van der Waals surface area contributed by atoms with E-state index in [-0.39, 0.29) is 69.2 Å². The number of ether oxygens (including phenoxy) is 2. The van der Waals surface area contributed by atoms with Crippen molar-refractivity contribution in [3.05, 3.63) is 233 Å². The zero-order valence-electron chi connectivity index (χ0n) is 51.6. The second kappa shape index (κ2) is 30.6. The van der Waals surface area contributed by atoms with Crippen LogP contribution in [-0.2, 0) is 34.8 Å². The van der Waals surface area contributed by atoms with E-state index in [0.717, 1.165) is 42.0 Å². The highest BCUT2D eigenvalue weighted by Crippen LogP contribution is 2.48. The zero-order chi connectivity index (χ0) is 68.6. The number of aromatic nitrogens is 2. The predicted molar refractivity (Wildman–Crippen MR) is 341 cm³/mol. The number of nitrogens with zero attached hydrogens (tertiary/aromatic N) is 2. The molecule has 0 aliphatic carbocycles. The van der Waals surface area contributed by atoms with E-state index in [2.05, 4.69) is 10.6 Å². The van der Waals surface area contributed by atoms with Crippen molar-refractivity contribution < 1.29 is 78.3 Å². The van der Waals surface area contributed by atoms with Crippen molar-refractivity contribution in [2.45, 2.75) is 111 Å². The van der Waals surface area contributed by atoms with Crippen LogP contribution in [-0.4, -0.2) is 81.3 Å². The van der Waals surface area contributed by atoms with Crippen molar-refractivity contribution in [3.63, 3.8) is 0 Å². The quantitative estimate of drug-likeness (QED) is 0.0285. The molecular weight excluding hydrogens is 1290 g/mol. The first-order valence-corrected chi connectivity index (χ1v) is 32.1. The van der Waals surface area contributed by atoms with Crippen LogP contribution in [0, 0.1) is 37.1 Å². The Morgan fingerprint density at radius 3 is 1.38 bits per heavy atom. The number of rotatable bonds is 24. The van der Waals surface area contributed by atoms with E-state index in [1.807, 2.05) is 30.3 Å². The van der Waals surface area contributed by atoms with E-state index in [0.29, 0.717) is 52.7 Å². The summed E-state index contributed by atoms with van der Waals surface area (Å²) in [6, 6.07) is 29.9. The molecule has 25 heteroatoms. The number of hydrogen-bond acceptors (Lipinski definition) is 11. The van der Waals surface area contributed by atoms with Gasteiger partial charge in [0.25, 0.3) is 11.1 Å². The van der Waals surface area contributed by atoms with Gasteiger partial charge in [-0.2, -0.15) is 26.3 Å². The average molecular weight is 1360 g/mol. The van der Waals surface area contributed by atoms with Crippen LogP contribution in [0.15, 0.2) is 153 Å². The van der Waals surface area contributed by atoms with E-state index in [1.165, 1.54) is 90.2 Å². The van der Waals surface area contributed by atoms with Crippen LogP contribution < -0.4 is 31.2 Å². The Labute approximate surface area is 548 Å². The van der Waals surface area contributed by atoms with Gasteiger partial charge in [-0.3, -0.25) is 28.3 Å². The Kier molecular flexibility index (Phi) is 22.8. The van der Waals surface area contributed by atoms with Crippen molar-refractivity contribution in [2.24, 2.45) is 0 Å². The molecular formula is C70H66F10N4O9S2. The Hall–Kier alpha value is -8.36. The van der Waals surface area contributed by atoms with Gasteiger partial charge in [0.05, 0.1) is 83.2 Å². The largest absolute Gasteiger partial charge is 0.494 e. The fourth-order valence-electron chi connectivity index (χ4n) is 12.3. The number of pyridine rings is 2. The summed E-state index contributed by atoms with van der Waals surface area (Å²) >= 11 is 2.49. The van der Waals surface area contributed by atoms with Crippen LogP contribution in [0.4, 0.5) is 43.9 Å². The van der Waals surface area contributed by atoms with E-state index < -0.39 is 130 Å². The number of carbonyl (C=O) groups is 2. The molecule has 0 spiro atoms. The first kappa shape index (κ1) is 70.9. The monoisotopic (exact) mass is 1360 g/mol. The normalized spacial score (nSPS) is 15.3. The maximum atomic E-state index is 15.8. The lowest BCUT2D eigenvalue weighted by atomic mass is 9.91. The number of methoxy groups -OCH3 is 2. The number of carboxylic acids is 2. The molecule has 5 N–H and O–H groups in total. The Morgan fingerprint density at radius 1 is 0.558 bits per heavy atom. The van der Waals surface area contributed by atoms with Crippen LogP contribution in [0.3, 0.4) is 0 Å². The van der Waals surface area contributed by atoms with Gasteiger partial charge < -0.3 is 35.4 Å². The summed E-state index contributed by atoms with van der Waals surface area (Å²) in [5.41, 5.74) is -2.44. The Morgan fingerprint density at radius 2 is 0.979 bits per heavy atom. The van der Waals surface area contributed by atoms with Crippen molar-refractivity contribution in [2.75, 3.05) is 38.8 Å². The first-order chi connectivity index (χ1) is 45.3. The molecule has 0 saturated carbocycles. The summed E-state index contributed by atoms with van der Waals surface area (Å²) in [5, 5.41) is 35.8. The number of fused-ring (bicyclic) bond motifs is 2. The summed E-state index contributed by atoms with van der Waals surface area (Å²) in [5.74, 6) is -5.48. The van der Waals surface area contributed by atoms with Gasteiger partial charge in [-0.15, -0.1) is 23.5 Å². The van der Waals surface area contributed by atoms with Gasteiger partial charge in [0.1, 0.15) is 11.6 Å². The number of thioether (sulfide) groups is 2. The second-order valence-corrected chi connectivity index (χ2v) is 24.8. The van der Waals surface area contributed by atoms with Gasteiger partial charge in [-0.25, -0.2) is 17.6 Å². The van der Waals surface area contributed by atoms with Crippen LogP contribution in [0.5, 0.6) is 11.5 Å². The van der Waals surface area contributed by atoms with Crippen LogP contribution in [0.25, 0.3) is 22.3 Å². The van der Waals surface area contributed by atoms with Gasteiger partial charge in [-0.1, -0.05) is 103 Å². The molecule has 0 fully saturated rings. The number of alkyl halides is 6. The molecule has 4 heterocycles. The first-order valence-electron chi connectivity index (χ1n) is 30.1. The minimum atomic E-state index is -4.86. The highest BCUT2D eigenvalue weighted by Gasteiger charge is 2.42. The van der Waals surface area contributed by atoms with Gasteiger partial charge in [0.15, 0.2) is 23.1 Å². The minimum Gasteiger partial charge on any atom is -0.494 e. The second-order valence-electron chi connectivity index (χ2n) is 22.8. The van der Waals surface area contributed by atoms with E-state index in [4.69, 9.17) is 19.7 Å². The standard InChI is InChI=1S/C36H35F5N2O4S.C34H31F5N2O5S/c1-21-24(19-25-26(36(39,40)41)14-10-15-27(25)37)35-43(34(46)31(21)23-13-9-16-29(47-2)32(23)38)28(20-48-35)33(22-11-5-3-6-12-22)42-18-8-4-7-17-30(44)45;1-18-22(15-23-24(34(37,38)39)11-7-12-25(23)35)33-41(32(45)29(18)21-10-6-13-27(46-2)30(21)36)26(17-47-33)31(19-8-4-3-5-9-19)40-16-20(42)14-28(43)44/h3,5-6,9-16,28,33,42H,4,7-8,17-20H2,1-2H3,(H,44,45);3-13,20,26,31,40,42H,14-17H2,1-2H3,(H,43,44). The summed E-state index contributed by atoms with van der Waals surface area (Å²) in [6.45, 7) is 3.41. The van der Waals surface area contributed by atoms with Crippen LogP contribution in [0.2, 0.25) is 0 Å². The Balaban J connectivity index is 0.000000223. The number of aliphatic hydroxyl groups is 1. The third kappa shape index (κ3) is 15.7. The molecule has 8 aromatic rings. The van der Waals surface area contributed by atoms with Crippen molar-refractivity contribution in [1.82, 2.24) is 19.8 Å². The van der Waals surface area contributed by atoms with Gasteiger partial charge in [0.2, 0.25) is 0 Å². The number of aliphatic carboxylic acids is 2. The number of halogens is 10. The van der Waals surface area contributed by atoms with E-state index in [9.17, 15) is 50.6 Å². The molecule has 95 heavy (non-hydrogen) atoms. The molecule has 10 rings (SSSR count). The molecule has 502 valence electrons. The molecule has 0 amide bonds. The Bertz CT molecular complexity index is 4230. The number of benzene rings is 6. The van der Waals surface area contributed by atoms with E-state index in [1.54, 1.807) is 37.3 Å². The summed E-state index contributed by atoms with van der Waals surface area (Å²) in [4.78, 5) is 51.2. The number of nitrogens with one attached hydrogen (secondary N) is 2. The van der Waals surface area contributed by atoms with Crippen LogP contribution in [0.1, 0.15) is 112 Å². The number of carboxylic acid groups (broad SMARTS) is 2. The molecule has 2 aliphatic rings. The molecule has 2 aliphatic heterocycles. The fraction of sp³-hybridized carbons (Fsp3) is 0.314. The van der Waals surface area contributed by atoms with Gasteiger partial charge in [-0.05, 0) is 103 Å². The maximum absolute atomic E-state index is 15.8. The molecule has 0 bridgehead atoms. The number of aliphatic hydroxyl groups excluding tert-OH is 1. The van der Waals surface area contributed by atoms with Crippen molar-refractivity contribution >= 4 is 35.5 Å². The third-order valence-electron chi connectivity index (χ3n) is 16.9. The highest BCUT2D eigenvalue weighted by molar-refractivity contribution is 7.99. The molecule has 6 aromatic carbocycles. The van der Waals surface area contributed by atoms with Crippen molar-refractivity contribution in [3.8, 4) is 33.8 Å². The molecule has 2 aromatic heterocycles. The molecule has 5 unspecified atom stereocenters. The van der Waals surface area contributed by atoms with E-state index >= 15 is 17.6 Å². The fourth-order valence-corrected chi connectivity index (χ4v) is 15.2. The average Bonchev–Trinajstić information content (AvgIpc) is 1.68. The summed E-state index contributed by atoms with van der Waals surface area (Å²) in [7, 11) is 2.55. The SMILES string of the molecule is COc1cccc(-c2c(C)c(Cc3c(F)cccc3C(F)(F)F)c3n(c2=O)C(C(NCC(O)CC(=O)O)c2ccccc2)CS3)c1F.COc1cccc(-c2c(C)c(Cc3c(F)cccc3C(F)(F)F)c3n(c2=O)C(C(NCCCCCC(=O)O)c2ccccc2)CS3)c1F. The molecule has 0 saturated heterocycles. The summed E-state index contributed by atoms with van der Waals surface area (Å²) < 4.78 is 160. The topological polar surface area (TPSA) is 181 Å². The van der Waals surface area contributed by atoms with Gasteiger partial charge >= 0.3 is 24.3 Å². The molecule has 0 radical (unpaired) electrons. The lowest BCUT2D eigenvalue weighted by Crippen LogP contribution is -2.39. The van der Waals surface area contributed by atoms with Crippen molar-refractivity contribution in [1.29, 1.82) is 0 Å². The number of hydrogen-bond donors (Lipinski definition) is 5. The van der Waals surface area contributed by atoms with Gasteiger partial charge in [0, 0.05) is 59.6 Å².